The molecule has 2 aromatic heterocycles. The summed E-state index contributed by atoms with van der Waals surface area (Å²) in [6.07, 6.45) is 1.12. The Morgan fingerprint density at radius 1 is 1.47 bits per heavy atom. The van der Waals surface area contributed by atoms with Crippen LogP contribution >= 0.6 is 22.9 Å². The molecule has 0 N–H and O–H groups in total. The molecule has 0 saturated heterocycles. The average molecular weight is 246 g/mol. The summed E-state index contributed by atoms with van der Waals surface area (Å²) >= 11 is 6.74. The monoisotopic (exact) mass is 245 g/mol. The van der Waals surface area contributed by atoms with Crippen molar-refractivity contribution in [3.05, 3.63) is 44.0 Å². The number of aromatic nitrogens is 3. The van der Waals surface area contributed by atoms with E-state index in [4.69, 9.17) is 11.6 Å². The molecule has 15 heavy (non-hydrogen) atoms. The van der Waals surface area contributed by atoms with Crippen LogP contribution in [0.2, 0.25) is 4.47 Å². The van der Waals surface area contributed by atoms with Crippen molar-refractivity contribution in [3.8, 4) is 0 Å². The molecule has 0 fully saturated rings. The number of pyridine rings is 1. The fraction of sp³-hybridized carbons (Fsp3) is 0.125. The number of hydrogen-bond donors (Lipinski definition) is 0. The van der Waals surface area contributed by atoms with Crippen molar-refractivity contribution in [2.24, 2.45) is 0 Å². The Hall–Kier alpha value is -1.27. The van der Waals surface area contributed by atoms with Gasteiger partial charge in [-0.05, 0) is 17.7 Å². The molecule has 0 aliphatic heterocycles. The van der Waals surface area contributed by atoms with Gasteiger partial charge in [0.2, 0.25) is 4.47 Å². The van der Waals surface area contributed by atoms with E-state index in [1.807, 2.05) is 0 Å². The molecule has 0 amide bonds. The van der Waals surface area contributed by atoms with Gasteiger partial charge in [0.05, 0.1) is 6.54 Å². The summed E-state index contributed by atoms with van der Waals surface area (Å²) in [5.74, 6) is -0.467. The zero-order chi connectivity index (χ0) is 10.8. The van der Waals surface area contributed by atoms with Crippen LogP contribution in [0.3, 0.4) is 0 Å². The smallest absolute Gasteiger partial charge is 0.251 e. The predicted octanol–water partition coefficient (Wildman–Crippen LogP) is 1.54. The van der Waals surface area contributed by atoms with E-state index in [2.05, 4.69) is 10.2 Å². The summed E-state index contributed by atoms with van der Waals surface area (Å²) in [7, 11) is 0. The summed E-state index contributed by atoms with van der Waals surface area (Å²) in [5, 5.41) is 7.89. The van der Waals surface area contributed by atoms with Crippen molar-refractivity contribution in [2.75, 3.05) is 0 Å². The number of hydrogen-bond acceptors (Lipinski definition) is 4. The normalized spacial score (nSPS) is 10.5. The molecular weight excluding hydrogens is 241 g/mol. The molecule has 2 rings (SSSR count). The standard InChI is InChI=1S/C8H5ClFN3OS/c9-8-12-11-6(15-8)4-13-3-5(10)1-2-7(13)14/h1-3H,4H2. The highest BCUT2D eigenvalue weighted by atomic mass is 35.5. The number of rotatable bonds is 2. The van der Waals surface area contributed by atoms with Crippen LogP contribution in [0.15, 0.2) is 23.1 Å². The van der Waals surface area contributed by atoms with E-state index in [0.717, 1.165) is 29.7 Å². The minimum Gasteiger partial charge on any atom is -0.306 e. The van der Waals surface area contributed by atoms with Gasteiger partial charge < -0.3 is 4.57 Å². The van der Waals surface area contributed by atoms with Gasteiger partial charge in [-0.2, -0.15) is 0 Å². The van der Waals surface area contributed by atoms with Gasteiger partial charge in [-0.1, -0.05) is 11.3 Å². The molecule has 0 bridgehead atoms. The SMILES string of the molecule is O=c1ccc(F)cn1Cc1nnc(Cl)s1. The molecule has 4 nitrogen and oxygen atoms in total. The minimum atomic E-state index is -0.467. The Morgan fingerprint density at radius 3 is 2.93 bits per heavy atom. The molecule has 7 heteroatoms. The van der Waals surface area contributed by atoms with E-state index in [1.54, 1.807) is 0 Å². The quantitative estimate of drug-likeness (QED) is 0.806. The largest absolute Gasteiger partial charge is 0.306 e. The van der Waals surface area contributed by atoms with Crippen LogP contribution < -0.4 is 5.56 Å². The van der Waals surface area contributed by atoms with Crippen molar-refractivity contribution >= 4 is 22.9 Å². The van der Waals surface area contributed by atoms with Crippen LogP contribution in [0.4, 0.5) is 4.39 Å². The van der Waals surface area contributed by atoms with Crippen LogP contribution in [-0.4, -0.2) is 14.8 Å². The van der Waals surface area contributed by atoms with Crippen LogP contribution in [0, 0.1) is 5.82 Å². The molecular formula is C8H5ClFN3OS. The molecule has 0 radical (unpaired) electrons. The first-order valence-electron chi connectivity index (χ1n) is 3.99. The lowest BCUT2D eigenvalue weighted by Crippen LogP contribution is -2.19. The van der Waals surface area contributed by atoms with Gasteiger partial charge in [0.15, 0.2) is 0 Å². The molecule has 2 aromatic rings. The fourth-order valence-electron chi connectivity index (χ4n) is 1.07. The second kappa shape index (κ2) is 4.08. The maximum absolute atomic E-state index is 12.8. The van der Waals surface area contributed by atoms with E-state index < -0.39 is 5.82 Å². The van der Waals surface area contributed by atoms with Gasteiger partial charge in [0.1, 0.15) is 10.8 Å². The molecule has 0 aromatic carbocycles. The van der Waals surface area contributed by atoms with Crippen molar-refractivity contribution in [2.45, 2.75) is 6.54 Å². The molecule has 0 aliphatic carbocycles. The highest BCUT2D eigenvalue weighted by Gasteiger charge is 2.04. The first-order chi connectivity index (χ1) is 7.15. The minimum absolute atomic E-state index is 0.182. The Balaban J connectivity index is 2.31. The van der Waals surface area contributed by atoms with Gasteiger partial charge in [0.25, 0.3) is 5.56 Å². The highest BCUT2D eigenvalue weighted by molar-refractivity contribution is 7.15. The van der Waals surface area contributed by atoms with Crippen LogP contribution in [-0.2, 0) is 6.54 Å². The van der Waals surface area contributed by atoms with Crippen LogP contribution in [0.1, 0.15) is 5.01 Å². The molecule has 0 spiro atoms. The van der Waals surface area contributed by atoms with Crippen LogP contribution in [0.5, 0.6) is 0 Å². The lowest BCUT2D eigenvalue weighted by molar-refractivity contribution is 0.594. The van der Waals surface area contributed by atoms with E-state index in [-0.39, 0.29) is 12.1 Å². The topological polar surface area (TPSA) is 47.8 Å². The summed E-state index contributed by atoms with van der Waals surface area (Å²) in [6, 6.07) is 2.28. The molecule has 2 heterocycles. The Bertz CT molecular complexity index is 539. The average Bonchev–Trinajstić information content (AvgIpc) is 2.58. The molecule has 0 saturated carbocycles. The number of halogens is 2. The maximum atomic E-state index is 12.8. The summed E-state index contributed by atoms with van der Waals surface area (Å²) in [5.41, 5.74) is -0.289. The lowest BCUT2D eigenvalue weighted by atomic mass is 10.4. The maximum Gasteiger partial charge on any atom is 0.251 e. The third kappa shape index (κ3) is 2.40. The second-order valence-electron chi connectivity index (χ2n) is 2.76. The van der Waals surface area contributed by atoms with E-state index in [0.29, 0.717) is 9.47 Å². The predicted molar refractivity (Wildman–Crippen MR) is 54.7 cm³/mol. The van der Waals surface area contributed by atoms with Gasteiger partial charge in [-0.3, -0.25) is 4.79 Å². The van der Waals surface area contributed by atoms with Gasteiger partial charge in [0, 0.05) is 12.3 Å². The van der Waals surface area contributed by atoms with Crippen molar-refractivity contribution in [1.82, 2.24) is 14.8 Å². The Kier molecular flexibility index (Phi) is 2.79. The molecule has 78 valence electrons. The van der Waals surface area contributed by atoms with Crippen molar-refractivity contribution < 1.29 is 4.39 Å². The van der Waals surface area contributed by atoms with Crippen molar-refractivity contribution in [1.29, 1.82) is 0 Å². The van der Waals surface area contributed by atoms with Crippen molar-refractivity contribution in [3.63, 3.8) is 0 Å². The summed E-state index contributed by atoms with van der Waals surface area (Å²) in [6.45, 7) is 0.182. The summed E-state index contributed by atoms with van der Waals surface area (Å²) in [4.78, 5) is 11.3. The van der Waals surface area contributed by atoms with Gasteiger partial charge in [-0.15, -0.1) is 10.2 Å². The van der Waals surface area contributed by atoms with Gasteiger partial charge >= 0.3 is 0 Å². The first-order valence-corrected chi connectivity index (χ1v) is 5.18. The van der Waals surface area contributed by atoms with E-state index in [1.165, 1.54) is 4.57 Å². The molecule has 0 unspecified atom stereocenters. The molecule has 0 atom stereocenters. The first kappa shape index (κ1) is 10.3. The van der Waals surface area contributed by atoms with E-state index >= 15 is 0 Å². The van der Waals surface area contributed by atoms with Gasteiger partial charge in [-0.25, -0.2) is 4.39 Å². The lowest BCUT2D eigenvalue weighted by Gasteiger charge is -2.00. The fourth-order valence-corrected chi connectivity index (χ4v) is 1.93. The Labute approximate surface area is 93.0 Å². The highest BCUT2D eigenvalue weighted by Crippen LogP contribution is 2.15. The zero-order valence-corrected chi connectivity index (χ0v) is 8.93. The van der Waals surface area contributed by atoms with Crippen LogP contribution in [0.25, 0.3) is 0 Å². The second-order valence-corrected chi connectivity index (χ2v) is 4.41. The molecule has 0 aliphatic rings. The third-order valence-electron chi connectivity index (χ3n) is 1.70. The van der Waals surface area contributed by atoms with E-state index in [9.17, 15) is 9.18 Å². The Morgan fingerprint density at radius 2 is 2.27 bits per heavy atom. The third-order valence-corrected chi connectivity index (χ3v) is 2.70. The zero-order valence-electron chi connectivity index (χ0n) is 7.35. The summed E-state index contributed by atoms with van der Waals surface area (Å²) < 4.78 is 14.4. The number of nitrogens with zero attached hydrogens (tertiary/aromatic N) is 3.